The van der Waals surface area contributed by atoms with Crippen LogP contribution in [0.4, 0.5) is 5.82 Å². The standard InChI is InChI=1S/C23H27N5O4/c1-14(2)6-11-17-20(29)27(12-15-7-9-16(32-5)10-8-15)23-24-19-18(28(23)21(17)30)22(31)26(4)13-25(19)3/h6-10,30H,11-13H2,1-5H3. The van der Waals surface area contributed by atoms with Crippen LogP contribution in [0.3, 0.4) is 0 Å². The van der Waals surface area contributed by atoms with Gasteiger partial charge in [-0.1, -0.05) is 23.8 Å². The number of aromatic nitrogens is 3. The predicted molar refractivity (Wildman–Crippen MR) is 122 cm³/mol. The van der Waals surface area contributed by atoms with Gasteiger partial charge in [-0.15, -0.1) is 0 Å². The molecule has 0 atom stereocenters. The first kappa shape index (κ1) is 21.5. The van der Waals surface area contributed by atoms with Crippen LogP contribution >= 0.6 is 0 Å². The van der Waals surface area contributed by atoms with E-state index in [1.54, 1.807) is 19.1 Å². The lowest BCUT2D eigenvalue weighted by Crippen LogP contribution is -2.43. The number of benzene rings is 1. The zero-order chi connectivity index (χ0) is 23.2. The van der Waals surface area contributed by atoms with Crippen molar-refractivity contribution in [2.75, 3.05) is 32.8 Å². The lowest BCUT2D eigenvalue weighted by molar-refractivity contribution is 0.0776. The molecular weight excluding hydrogens is 410 g/mol. The third-order valence-electron chi connectivity index (χ3n) is 5.62. The molecule has 1 N–H and O–H groups in total. The van der Waals surface area contributed by atoms with Gasteiger partial charge in [-0.2, -0.15) is 4.98 Å². The Balaban J connectivity index is 1.99. The molecule has 1 amide bonds. The number of aromatic hydroxyl groups is 1. The van der Waals surface area contributed by atoms with Gasteiger partial charge in [-0.3, -0.25) is 14.2 Å². The van der Waals surface area contributed by atoms with Crippen molar-refractivity contribution in [2.45, 2.75) is 26.8 Å². The van der Waals surface area contributed by atoms with Crippen LogP contribution in [0.5, 0.6) is 11.6 Å². The van der Waals surface area contributed by atoms with Gasteiger partial charge in [0.05, 0.1) is 25.9 Å². The first-order chi connectivity index (χ1) is 15.2. The van der Waals surface area contributed by atoms with Crippen LogP contribution in [0.2, 0.25) is 0 Å². The summed E-state index contributed by atoms with van der Waals surface area (Å²) in [6, 6.07) is 7.40. The topological polar surface area (TPSA) is 92.3 Å². The molecule has 4 rings (SSSR count). The highest BCUT2D eigenvalue weighted by atomic mass is 16.5. The second kappa shape index (κ2) is 8.07. The van der Waals surface area contributed by atoms with E-state index in [1.807, 2.05) is 56.1 Å². The number of hydrogen-bond donors (Lipinski definition) is 1. The summed E-state index contributed by atoms with van der Waals surface area (Å²) in [5.74, 6) is 0.867. The number of methoxy groups -OCH3 is 1. The van der Waals surface area contributed by atoms with Crippen LogP contribution < -0.4 is 15.2 Å². The number of allylic oxidation sites excluding steroid dienone is 2. The molecule has 1 aromatic carbocycles. The normalized spacial score (nSPS) is 13.5. The van der Waals surface area contributed by atoms with Crippen LogP contribution in [0.15, 0.2) is 40.7 Å². The molecule has 0 spiro atoms. The van der Waals surface area contributed by atoms with Crippen molar-refractivity contribution >= 4 is 17.5 Å². The maximum absolute atomic E-state index is 13.5. The Morgan fingerprint density at radius 1 is 1.16 bits per heavy atom. The monoisotopic (exact) mass is 437 g/mol. The fraction of sp³-hybridized carbons (Fsp3) is 0.348. The number of hydrogen-bond acceptors (Lipinski definition) is 6. The summed E-state index contributed by atoms with van der Waals surface area (Å²) < 4.78 is 8.13. The van der Waals surface area contributed by atoms with Crippen LogP contribution in [0.25, 0.3) is 5.78 Å². The van der Waals surface area contributed by atoms with E-state index in [2.05, 4.69) is 4.98 Å². The van der Waals surface area contributed by atoms with E-state index < -0.39 is 0 Å². The summed E-state index contributed by atoms with van der Waals surface area (Å²) in [5, 5.41) is 11.1. The third kappa shape index (κ3) is 3.49. The third-order valence-corrected chi connectivity index (χ3v) is 5.62. The van der Waals surface area contributed by atoms with E-state index >= 15 is 0 Å². The minimum atomic E-state index is -0.339. The molecule has 0 aliphatic carbocycles. The quantitative estimate of drug-likeness (QED) is 0.616. The Labute approximate surface area is 185 Å². The zero-order valence-electron chi connectivity index (χ0n) is 18.9. The summed E-state index contributed by atoms with van der Waals surface area (Å²) in [5.41, 5.74) is 2.01. The molecule has 1 aliphatic heterocycles. The second-order valence-corrected chi connectivity index (χ2v) is 8.29. The average molecular weight is 438 g/mol. The Bertz CT molecular complexity index is 1280. The molecule has 32 heavy (non-hydrogen) atoms. The first-order valence-corrected chi connectivity index (χ1v) is 10.3. The van der Waals surface area contributed by atoms with Gasteiger partial charge in [0, 0.05) is 20.5 Å². The van der Waals surface area contributed by atoms with Gasteiger partial charge >= 0.3 is 0 Å². The van der Waals surface area contributed by atoms with Crippen LogP contribution in [0, 0.1) is 0 Å². The zero-order valence-corrected chi connectivity index (χ0v) is 18.9. The van der Waals surface area contributed by atoms with E-state index in [-0.39, 0.29) is 47.3 Å². The van der Waals surface area contributed by atoms with E-state index in [0.717, 1.165) is 11.1 Å². The molecule has 9 heteroatoms. The molecule has 0 saturated heterocycles. The van der Waals surface area contributed by atoms with Crippen LogP contribution in [0.1, 0.15) is 35.5 Å². The highest BCUT2D eigenvalue weighted by Gasteiger charge is 2.33. The summed E-state index contributed by atoms with van der Waals surface area (Å²) in [4.78, 5) is 34.5. The molecule has 168 valence electrons. The van der Waals surface area contributed by atoms with Gasteiger partial charge < -0.3 is 19.6 Å². The molecule has 3 heterocycles. The molecule has 3 aromatic rings. The number of anilines is 1. The largest absolute Gasteiger partial charge is 0.497 e. The van der Waals surface area contributed by atoms with Gasteiger partial charge in [0.2, 0.25) is 11.7 Å². The van der Waals surface area contributed by atoms with Gasteiger partial charge in [-0.25, -0.2) is 4.40 Å². The predicted octanol–water partition coefficient (Wildman–Crippen LogP) is 2.25. The number of ether oxygens (including phenoxy) is 1. The van der Waals surface area contributed by atoms with E-state index in [0.29, 0.717) is 18.2 Å². The summed E-state index contributed by atoms with van der Waals surface area (Å²) >= 11 is 0. The van der Waals surface area contributed by atoms with Crippen molar-refractivity contribution in [2.24, 2.45) is 0 Å². The molecule has 0 radical (unpaired) electrons. The van der Waals surface area contributed by atoms with Crippen molar-refractivity contribution in [1.82, 2.24) is 18.9 Å². The van der Waals surface area contributed by atoms with Gasteiger partial charge in [-0.05, 0) is 31.5 Å². The fourth-order valence-corrected chi connectivity index (χ4v) is 3.89. The number of fused-ring (bicyclic) bond motifs is 3. The second-order valence-electron chi connectivity index (χ2n) is 8.29. The lowest BCUT2D eigenvalue weighted by atomic mass is 10.1. The van der Waals surface area contributed by atoms with Crippen LogP contribution in [-0.2, 0) is 13.0 Å². The molecule has 0 fully saturated rings. The number of rotatable bonds is 5. The first-order valence-electron chi connectivity index (χ1n) is 10.3. The highest BCUT2D eigenvalue weighted by Crippen LogP contribution is 2.30. The maximum atomic E-state index is 13.5. The summed E-state index contributed by atoms with van der Waals surface area (Å²) in [7, 11) is 5.11. The molecule has 0 unspecified atom stereocenters. The van der Waals surface area contributed by atoms with Crippen molar-refractivity contribution in [3.63, 3.8) is 0 Å². The average Bonchev–Trinajstić information content (AvgIpc) is 3.17. The molecule has 9 nitrogen and oxygen atoms in total. The molecule has 2 aromatic heterocycles. The number of amides is 1. The van der Waals surface area contributed by atoms with Crippen molar-refractivity contribution in [3.05, 3.63) is 63.1 Å². The molecular formula is C23H27N5O4. The van der Waals surface area contributed by atoms with Gasteiger partial charge in [0.1, 0.15) is 5.75 Å². The molecule has 0 bridgehead atoms. The Hall–Kier alpha value is -3.75. The maximum Gasteiger partial charge on any atom is 0.276 e. The number of imidazole rings is 1. The number of carbonyl (C=O) groups is 1. The summed E-state index contributed by atoms with van der Waals surface area (Å²) in [6.07, 6.45) is 2.13. The number of carbonyl (C=O) groups excluding carboxylic acids is 1. The molecule has 1 aliphatic rings. The Kier molecular flexibility index (Phi) is 5.41. The Morgan fingerprint density at radius 2 is 1.84 bits per heavy atom. The van der Waals surface area contributed by atoms with E-state index in [9.17, 15) is 14.7 Å². The molecule has 0 saturated carbocycles. The van der Waals surface area contributed by atoms with E-state index in [1.165, 1.54) is 8.97 Å². The van der Waals surface area contributed by atoms with E-state index in [4.69, 9.17) is 4.74 Å². The number of nitrogens with zero attached hydrogens (tertiary/aromatic N) is 5. The smallest absolute Gasteiger partial charge is 0.276 e. The Morgan fingerprint density at radius 3 is 2.47 bits per heavy atom. The lowest BCUT2D eigenvalue weighted by Gasteiger charge is -2.30. The van der Waals surface area contributed by atoms with Crippen LogP contribution in [-0.4, -0.2) is 57.7 Å². The van der Waals surface area contributed by atoms with Gasteiger partial charge in [0.25, 0.3) is 11.5 Å². The highest BCUT2D eigenvalue weighted by molar-refractivity contribution is 6.00. The minimum absolute atomic E-state index is 0.219. The fourth-order valence-electron chi connectivity index (χ4n) is 3.89. The summed E-state index contributed by atoms with van der Waals surface area (Å²) in [6.45, 7) is 4.46. The minimum Gasteiger partial charge on any atom is -0.497 e. The SMILES string of the molecule is COc1ccc(Cn2c(=O)c(CC=C(C)C)c(O)n3c4c(nc23)N(C)CN(C)C4=O)cc1. The van der Waals surface area contributed by atoms with Crippen molar-refractivity contribution in [3.8, 4) is 11.6 Å². The van der Waals surface area contributed by atoms with Gasteiger partial charge in [0.15, 0.2) is 11.5 Å². The van der Waals surface area contributed by atoms with Crippen molar-refractivity contribution < 1.29 is 14.6 Å². The van der Waals surface area contributed by atoms with Crippen molar-refractivity contribution in [1.29, 1.82) is 0 Å².